The number of benzene rings is 1. The van der Waals surface area contributed by atoms with E-state index in [1.54, 1.807) is 0 Å². The number of hydrogen-bond acceptors (Lipinski definition) is 1. The van der Waals surface area contributed by atoms with Gasteiger partial charge in [0.2, 0.25) is 0 Å². The van der Waals surface area contributed by atoms with Crippen LogP contribution in [0.1, 0.15) is 18.4 Å². The van der Waals surface area contributed by atoms with Crippen LogP contribution in [0.3, 0.4) is 0 Å². The molecule has 0 amide bonds. The summed E-state index contributed by atoms with van der Waals surface area (Å²) >= 11 is 5.99. The van der Waals surface area contributed by atoms with Crippen LogP contribution in [0, 0.1) is 44.1 Å². The maximum absolute atomic E-state index is 5.99. The van der Waals surface area contributed by atoms with Gasteiger partial charge in [0.25, 0.3) is 0 Å². The van der Waals surface area contributed by atoms with Crippen LogP contribution in [0.15, 0.2) is 30.9 Å². The van der Waals surface area contributed by atoms with Crippen LogP contribution in [0.4, 0.5) is 5.69 Å². The van der Waals surface area contributed by atoms with Gasteiger partial charge in [-0.1, -0.05) is 35.5 Å². The zero-order chi connectivity index (χ0) is 10.7. The van der Waals surface area contributed by atoms with E-state index in [0.717, 1.165) is 24.4 Å². The Balaban J connectivity index is 0.00000128. The third-order valence-electron chi connectivity index (χ3n) is 2.51. The Morgan fingerprint density at radius 3 is 3.00 bits per heavy atom. The van der Waals surface area contributed by atoms with Crippen LogP contribution in [0.25, 0.3) is 0 Å². The van der Waals surface area contributed by atoms with Crippen LogP contribution < -0.4 is 4.90 Å². The number of rotatable bonds is 2. The maximum Gasteiger partial charge on any atom is 2.00 e. The summed E-state index contributed by atoms with van der Waals surface area (Å²) in [7, 11) is 0. The topological polar surface area (TPSA) is 3.24 Å². The van der Waals surface area contributed by atoms with Crippen molar-refractivity contribution in [3.8, 4) is 0 Å². The monoisotopic (exact) mass is 457 g/mol. The Labute approximate surface area is 126 Å². The van der Waals surface area contributed by atoms with Gasteiger partial charge in [-0.15, -0.1) is 19.1 Å². The molecule has 0 aromatic heterocycles. The van der Waals surface area contributed by atoms with E-state index in [1.807, 2.05) is 18.2 Å². The molecule has 1 aromatic rings. The van der Waals surface area contributed by atoms with Crippen molar-refractivity contribution in [3.63, 3.8) is 0 Å². The van der Waals surface area contributed by atoms with Crippen LogP contribution in [-0.4, -0.2) is 6.54 Å². The molecule has 0 fully saturated rings. The first-order valence-electron chi connectivity index (χ1n) is 5.15. The molecule has 3 heteroatoms. The van der Waals surface area contributed by atoms with Gasteiger partial charge in [-0.25, -0.2) is 0 Å². The Morgan fingerprint density at radius 1 is 1.44 bits per heavy atom. The zero-order valence-electron chi connectivity index (χ0n) is 9.12. The number of hydrogen-bond donors (Lipinski definition) is 0. The third kappa shape index (κ3) is 3.23. The second-order valence-corrected chi connectivity index (χ2v) is 4.04. The SMILES string of the molecule is C=CCN1[CH-]CC[CH-]c2cc(Cl)ccc21.[U+2]. The zero-order valence-corrected chi connectivity index (χ0v) is 14.0. The molecule has 0 saturated carbocycles. The van der Waals surface area contributed by atoms with Crippen molar-refractivity contribution < 1.29 is 31.1 Å². The molecule has 0 atom stereocenters. The van der Waals surface area contributed by atoms with E-state index in [1.165, 1.54) is 11.3 Å². The molecule has 0 radical (unpaired) electrons. The molecule has 16 heavy (non-hydrogen) atoms. The van der Waals surface area contributed by atoms with Crippen molar-refractivity contribution in [1.29, 1.82) is 0 Å². The van der Waals surface area contributed by atoms with Crippen molar-refractivity contribution in [2.45, 2.75) is 12.8 Å². The molecule has 82 valence electrons. The summed E-state index contributed by atoms with van der Waals surface area (Å²) in [5.41, 5.74) is 2.44. The van der Waals surface area contributed by atoms with E-state index < -0.39 is 0 Å². The van der Waals surface area contributed by atoms with Crippen molar-refractivity contribution in [3.05, 3.63) is 54.4 Å². The quantitative estimate of drug-likeness (QED) is 0.482. The van der Waals surface area contributed by atoms with E-state index in [2.05, 4.69) is 30.5 Å². The van der Waals surface area contributed by atoms with Gasteiger partial charge in [0.05, 0.1) is 0 Å². The van der Waals surface area contributed by atoms with Gasteiger partial charge in [-0.2, -0.15) is 18.4 Å². The summed E-state index contributed by atoms with van der Waals surface area (Å²) in [6.45, 7) is 6.85. The van der Waals surface area contributed by atoms with Gasteiger partial charge in [-0.3, -0.25) is 6.54 Å². The van der Waals surface area contributed by atoms with Crippen LogP contribution in [-0.2, 0) is 0 Å². The minimum atomic E-state index is 0. The third-order valence-corrected chi connectivity index (χ3v) is 2.74. The molecular weight excluding hydrogens is 444 g/mol. The van der Waals surface area contributed by atoms with Crippen LogP contribution in [0.2, 0.25) is 5.02 Å². The summed E-state index contributed by atoms with van der Waals surface area (Å²) in [4.78, 5) is 2.22. The molecule has 1 aliphatic heterocycles. The smallest absolute Gasteiger partial charge is 0.572 e. The first-order chi connectivity index (χ1) is 7.31. The normalized spacial score (nSPS) is 14.2. The predicted molar refractivity (Wildman–Crippen MR) is 65.9 cm³/mol. The number of fused-ring (bicyclic) bond motifs is 1. The molecule has 1 aromatic carbocycles. The fourth-order valence-corrected chi connectivity index (χ4v) is 2.01. The molecule has 0 N–H and O–H groups in total. The van der Waals surface area contributed by atoms with Crippen molar-refractivity contribution >= 4 is 17.3 Å². The van der Waals surface area contributed by atoms with Gasteiger partial charge in [0.15, 0.2) is 0 Å². The van der Waals surface area contributed by atoms with E-state index in [0.29, 0.717) is 0 Å². The fraction of sp³-hybridized carbons (Fsp3) is 0.231. The predicted octanol–water partition coefficient (Wildman–Crippen LogP) is 3.84. The number of anilines is 1. The van der Waals surface area contributed by atoms with Gasteiger partial charge in [0.1, 0.15) is 0 Å². The van der Waals surface area contributed by atoms with Gasteiger partial charge in [-0.05, 0) is 11.6 Å². The minimum absolute atomic E-state index is 0. The molecule has 1 nitrogen and oxygen atoms in total. The second kappa shape index (κ2) is 6.65. The van der Waals surface area contributed by atoms with Gasteiger partial charge in [0, 0.05) is 0 Å². The molecule has 0 unspecified atom stereocenters. The molecule has 1 heterocycles. The molecule has 0 saturated heterocycles. The Bertz CT molecular complexity index is 365. The number of nitrogens with zero attached hydrogens (tertiary/aromatic N) is 1. The maximum atomic E-state index is 5.99. The van der Waals surface area contributed by atoms with Crippen molar-refractivity contribution in [2.24, 2.45) is 0 Å². The first-order valence-corrected chi connectivity index (χ1v) is 5.52. The average molecular weight is 458 g/mol. The van der Waals surface area contributed by atoms with Crippen LogP contribution >= 0.6 is 11.6 Å². The minimum Gasteiger partial charge on any atom is -0.572 e. The van der Waals surface area contributed by atoms with Crippen molar-refractivity contribution in [2.75, 3.05) is 11.4 Å². The fourth-order valence-electron chi connectivity index (χ4n) is 1.83. The molecule has 1 aliphatic rings. The Morgan fingerprint density at radius 2 is 2.25 bits per heavy atom. The van der Waals surface area contributed by atoms with Gasteiger partial charge < -0.3 is 4.90 Å². The average Bonchev–Trinajstić information content (AvgIpc) is 2.41. The number of halogens is 1. The molecule has 0 aliphatic carbocycles. The molecule has 0 spiro atoms. The van der Waals surface area contributed by atoms with Gasteiger partial charge >= 0.3 is 31.1 Å². The second-order valence-electron chi connectivity index (χ2n) is 3.61. The summed E-state index contributed by atoms with van der Waals surface area (Å²) < 4.78 is 0. The summed E-state index contributed by atoms with van der Waals surface area (Å²) in [5, 5.41) is 0.797. The molecule has 0 bridgehead atoms. The van der Waals surface area contributed by atoms with E-state index in [-0.39, 0.29) is 31.1 Å². The van der Waals surface area contributed by atoms with Crippen LogP contribution in [0.5, 0.6) is 0 Å². The Kier molecular flexibility index (Phi) is 5.83. The first kappa shape index (κ1) is 14.0. The largest absolute Gasteiger partial charge is 2.00 e. The Hall–Kier alpha value is -0.0281. The van der Waals surface area contributed by atoms with E-state index in [4.69, 9.17) is 11.6 Å². The molecule has 2 rings (SSSR count). The van der Waals surface area contributed by atoms with Crippen molar-refractivity contribution in [1.82, 2.24) is 0 Å². The standard InChI is InChI=1S/C13H14ClN.U/c1-2-8-15-9-4-3-5-11-10-12(14)6-7-13(11)15;/h2,5-7,9-10H,1,3-4,8H2;/q-2;+2. The molecular formula is C13H14ClNU. The van der Waals surface area contributed by atoms with E-state index >= 15 is 0 Å². The van der Waals surface area contributed by atoms with E-state index in [9.17, 15) is 0 Å². The summed E-state index contributed by atoms with van der Waals surface area (Å²) in [6, 6.07) is 6.02. The summed E-state index contributed by atoms with van der Waals surface area (Å²) in [6.07, 6.45) is 6.29. The summed E-state index contributed by atoms with van der Waals surface area (Å²) in [5.74, 6) is 0.